The van der Waals surface area contributed by atoms with Crippen LogP contribution in [0.1, 0.15) is 86.3 Å². The van der Waals surface area contributed by atoms with Crippen molar-refractivity contribution < 1.29 is 9.32 Å². The van der Waals surface area contributed by atoms with E-state index in [9.17, 15) is 4.79 Å². The standard InChI is InChI=1S/C18H24ClN5O2/c1-11(2)15-20-10-13(19)14(22-15)16(25)23-18(8-6-4-5-7-9-18)17-21-12(3)26-24-17/h10-11H,4-9H2,1-3H3,(H,23,25). The van der Waals surface area contributed by atoms with Crippen molar-refractivity contribution in [3.8, 4) is 0 Å². The highest BCUT2D eigenvalue weighted by Crippen LogP contribution is 2.35. The zero-order valence-corrected chi connectivity index (χ0v) is 16.1. The number of carbonyl (C=O) groups is 1. The van der Waals surface area contributed by atoms with Gasteiger partial charge in [-0.2, -0.15) is 4.98 Å². The lowest BCUT2D eigenvalue weighted by atomic mass is 9.89. The summed E-state index contributed by atoms with van der Waals surface area (Å²) in [6.45, 7) is 5.69. The van der Waals surface area contributed by atoms with Crippen molar-refractivity contribution in [1.82, 2.24) is 25.4 Å². The van der Waals surface area contributed by atoms with Crippen molar-refractivity contribution in [2.45, 2.75) is 70.8 Å². The highest BCUT2D eigenvalue weighted by molar-refractivity contribution is 6.33. The molecule has 140 valence electrons. The van der Waals surface area contributed by atoms with Crippen LogP contribution in [-0.2, 0) is 5.54 Å². The summed E-state index contributed by atoms with van der Waals surface area (Å²) < 4.78 is 5.18. The molecule has 0 bridgehead atoms. The van der Waals surface area contributed by atoms with Crippen LogP contribution in [0.3, 0.4) is 0 Å². The average molecular weight is 378 g/mol. The lowest BCUT2D eigenvalue weighted by Crippen LogP contribution is -2.47. The second kappa shape index (κ2) is 7.70. The van der Waals surface area contributed by atoms with Crippen LogP contribution in [0, 0.1) is 6.92 Å². The summed E-state index contributed by atoms with van der Waals surface area (Å²) in [6, 6.07) is 0. The molecule has 0 aliphatic heterocycles. The van der Waals surface area contributed by atoms with Crippen molar-refractivity contribution in [2.24, 2.45) is 0 Å². The number of carbonyl (C=O) groups excluding carboxylic acids is 1. The van der Waals surface area contributed by atoms with Crippen molar-refractivity contribution in [3.05, 3.63) is 34.5 Å². The van der Waals surface area contributed by atoms with Gasteiger partial charge in [-0.05, 0) is 12.8 Å². The minimum absolute atomic E-state index is 0.102. The zero-order chi connectivity index (χ0) is 18.7. The van der Waals surface area contributed by atoms with Crippen molar-refractivity contribution >= 4 is 17.5 Å². The first kappa shape index (κ1) is 18.8. The number of halogens is 1. The number of nitrogens with one attached hydrogen (secondary N) is 1. The maximum absolute atomic E-state index is 13.0. The molecule has 1 N–H and O–H groups in total. The van der Waals surface area contributed by atoms with Crippen LogP contribution in [0.15, 0.2) is 10.7 Å². The van der Waals surface area contributed by atoms with Gasteiger partial charge in [-0.1, -0.05) is 56.3 Å². The van der Waals surface area contributed by atoms with Gasteiger partial charge in [-0.15, -0.1) is 0 Å². The molecule has 1 aliphatic carbocycles. The first-order valence-corrected chi connectivity index (χ1v) is 9.45. The van der Waals surface area contributed by atoms with Gasteiger partial charge >= 0.3 is 0 Å². The number of nitrogens with zero attached hydrogens (tertiary/aromatic N) is 4. The van der Waals surface area contributed by atoms with E-state index in [1.54, 1.807) is 6.92 Å². The van der Waals surface area contributed by atoms with E-state index >= 15 is 0 Å². The van der Waals surface area contributed by atoms with Crippen molar-refractivity contribution in [2.75, 3.05) is 0 Å². The predicted molar refractivity (Wildman–Crippen MR) is 97.0 cm³/mol. The Balaban J connectivity index is 1.94. The monoisotopic (exact) mass is 377 g/mol. The molecule has 2 heterocycles. The smallest absolute Gasteiger partial charge is 0.272 e. The minimum atomic E-state index is -0.655. The number of aryl methyl sites for hydroxylation is 1. The molecule has 0 saturated heterocycles. The Morgan fingerprint density at radius 2 is 1.92 bits per heavy atom. The summed E-state index contributed by atoms with van der Waals surface area (Å²) in [4.78, 5) is 26.0. The van der Waals surface area contributed by atoms with Crippen LogP contribution < -0.4 is 5.32 Å². The number of hydrogen-bond donors (Lipinski definition) is 1. The van der Waals surface area contributed by atoms with E-state index < -0.39 is 5.54 Å². The third kappa shape index (κ3) is 3.87. The number of rotatable bonds is 4. The summed E-state index contributed by atoms with van der Waals surface area (Å²) in [5.41, 5.74) is -0.466. The molecular weight excluding hydrogens is 354 g/mol. The Morgan fingerprint density at radius 1 is 1.23 bits per heavy atom. The quantitative estimate of drug-likeness (QED) is 0.811. The van der Waals surface area contributed by atoms with Gasteiger partial charge in [0.25, 0.3) is 5.91 Å². The molecule has 2 aromatic heterocycles. The Labute approximate surface area is 158 Å². The van der Waals surface area contributed by atoms with Gasteiger partial charge < -0.3 is 9.84 Å². The molecular formula is C18H24ClN5O2. The van der Waals surface area contributed by atoms with E-state index in [1.807, 2.05) is 13.8 Å². The first-order valence-electron chi connectivity index (χ1n) is 9.07. The fourth-order valence-corrected chi connectivity index (χ4v) is 3.50. The SMILES string of the molecule is Cc1nc(C2(NC(=O)c3nc(C(C)C)ncc3Cl)CCCCCC2)no1. The van der Waals surface area contributed by atoms with E-state index in [1.165, 1.54) is 6.20 Å². The summed E-state index contributed by atoms with van der Waals surface area (Å²) in [5.74, 6) is 1.37. The first-order chi connectivity index (χ1) is 12.4. The zero-order valence-electron chi connectivity index (χ0n) is 15.4. The van der Waals surface area contributed by atoms with Crippen LogP contribution in [-0.4, -0.2) is 26.0 Å². The van der Waals surface area contributed by atoms with Gasteiger partial charge in [-0.25, -0.2) is 9.97 Å². The third-order valence-electron chi connectivity index (χ3n) is 4.76. The molecule has 1 fully saturated rings. The van der Waals surface area contributed by atoms with Gasteiger partial charge in [0, 0.05) is 12.8 Å². The lowest BCUT2D eigenvalue weighted by molar-refractivity contribution is 0.0871. The summed E-state index contributed by atoms with van der Waals surface area (Å²) in [6.07, 6.45) is 7.23. The highest BCUT2D eigenvalue weighted by Gasteiger charge is 2.39. The van der Waals surface area contributed by atoms with Crippen LogP contribution in [0.4, 0.5) is 0 Å². The van der Waals surface area contributed by atoms with E-state index in [4.69, 9.17) is 16.1 Å². The molecule has 7 nitrogen and oxygen atoms in total. The Bertz CT molecular complexity index is 782. The summed E-state index contributed by atoms with van der Waals surface area (Å²) in [7, 11) is 0. The molecule has 0 atom stereocenters. The number of hydrogen-bond acceptors (Lipinski definition) is 6. The van der Waals surface area contributed by atoms with Gasteiger partial charge in [-0.3, -0.25) is 4.79 Å². The molecule has 0 unspecified atom stereocenters. The van der Waals surface area contributed by atoms with E-state index in [-0.39, 0.29) is 22.5 Å². The fourth-order valence-electron chi connectivity index (χ4n) is 3.32. The normalized spacial score (nSPS) is 17.1. The number of aromatic nitrogens is 4. The average Bonchev–Trinajstić information content (AvgIpc) is 2.91. The Kier molecular flexibility index (Phi) is 5.55. The second-order valence-corrected chi connectivity index (χ2v) is 7.57. The van der Waals surface area contributed by atoms with Crippen LogP contribution in [0.2, 0.25) is 5.02 Å². The van der Waals surface area contributed by atoms with Crippen molar-refractivity contribution in [3.63, 3.8) is 0 Å². The third-order valence-corrected chi connectivity index (χ3v) is 5.04. The molecule has 3 rings (SSSR count). The Morgan fingerprint density at radius 3 is 2.50 bits per heavy atom. The fraction of sp³-hybridized carbons (Fsp3) is 0.611. The topological polar surface area (TPSA) is 93.8 Å². The van der Waals surface area contributed by atoms with Crippen LogP contribution in [0.25, 0.3) is 0 Å². The van der Waals surface area contributed by atoms with E-state index in [2.05, 4.69) is 25.4 Å². The lowest BCUT2D eigenvalue weighted by Gasteiger charge is -2.30. The van der Waals surface area contributed by atoms with Crippen molar-refractivity contribution in [1.29, 1.82) is 0 Å². The van der Waals surface area contributed by atoms with Gasteiger partial charge in [0.2, 0.25) is 5.89 Å². The maximum atomic E-state index is 13.0. The van der Waals surface area contributed by atoms with Crippen LogP contribution in [0.5, 0.6) is 0 Å². The molecule has 0 aromatic carbocycles. The van der Waals surface area contributed by atoms with E-state index in [0.29, 0.717) is 17.5 Å². The molecule has 1 saturated carbocycles. The summed E-state index contributed by atoms with van der Waals surface area (Å²) >= 11 is 6.21. The molecule has 8 heteroatoms. The molecule has 2 aromatic rings. The van der Waals surface area contributed by atoms with Gasteiger partial charge in [0.1, 0.15) is 17.1 Å². The van der Waals surface area contributed by atoms with E-state index in [0.717, 1.165) is 38.5 Å². The Hall–Kier alpha value is -2.02. The molecule has 0 radical (unpaired) electrons. The summed E-state index contributed by atoms with van der Waals surface area (Å²) in [5, 5.41) is 7.46. The van der Waals surface area contributed by atoms with Gasteiger partial charge in [0.05, 0.1) is 11.2 Å². The molecule has 26 heavy (non-hydrogen) atoms. The maximum Gasteiger partial charge on any atom is 0.272 e. The van der Waals surface area contributed by atoms with Gasteiger partial charge in [0.15, 0.2) is 5.82 Å². The minimum Gasteiger partial charge on any atom is -0.340 e. The largest absolute Gasteiger partial charge is 0.340 e. The molecule has 1 aliphatic rings. The highest BCUT2D eigenvalue weighted by atomic mass is 35.5. The molecule has 1 amide bonds. The number of amides is 1. The second-order valence-electron chi connectivity index (χ2n) is 7.17. The van der Waals surface area contributed by atoms with Crippen LogP contribution >= 0.6 is 11.6 Å². The predicted octanol–water partition coefficient (Wildman–Crippen LogP) is 3.92. The molecule has 0 spiro atoms.